The van der Waals surface area contributed by atoms with Gasteiger partial charge in [0.05, 0.1) is 0 Å². The number of fused-ring (bicyclic) bond motifs is 3. The van der Waals surface area contributed by atoms with Crippen molar-refractivity contribution >= 4 is 64.2 Å². The van der Waals surface area contributed by atoms with E-state index >= 15 is 0 Å². The molecule has 0 saturated carbocycles. The van der Waals surface area contributed by atoms with E-state index in [-0.39, 0.29) is 0 Å². The Balaban J connectivity index is 1.67. The highest BCUT2D eigenvalue weighted by Crippen LogP contribution is 2.42. The summed E-state index contributed by atoms with van der Waals surface area (Å²) in [6.07, 6.45) is 0. The van der Waals surface area contributed by atoms with Crippen LogP contribution in [0.2, 0.25) is 0 Å². The minimum Gasteiger partial charge on any atom is -0.0616 e. The molecule has 0 aromatic heterocycles. The summed E-state index contributed by atoms with van der Waals surface area (Å²) in [4.78, 5) is 0. The van der Waals surface area contributed by atoms with E-state index in [4.69, 9.17) is 0 Å². The molecule has 0 fully saturated rings. The average Bonchev–Trinajstić information content (AvgIpc) is 2.85. The first-order valence-corrected chi connectivity index (χ1v) is 12.2. The maximum atomic E-state index is 3.72. The van der Waals surface area contributed by atoms with E-state index in [1.807, 2.05) is 0 Å². The van der Waals surface area contributed by atoms with Crippen LogP contribution in [0.1, 0.15) is 0 Å². The summed E-state index contributed by atoms with van der Waals surface area (Å²) in [5.74, 6) is 0. The quantitative estimate of drug-likeness (QED) is 0.206. The normalized spacial score (nSPS) is 11.4. The van der Waals surface area contributed by atoms with Gasteiger partial charge in [0.2, 0.25) is 0 Å². The highest BCUT2D eigenvalue weighted by molar-refractivity contribution is 9.11. The third-order valence-corrected chi connectivity index (χ3v) is 7.63. The molecule has 0 radical (unpaired) electrons. The second-order valence-corrected chi connectivity index (χ2v) is 9.70. The van der Waals surface area contributed by atoms with Crippen LogP contribution < -0.4 is 0 Å². The van der Waals surface area contributed by atoms with E-state index < -0.39 is 0 Å². The van der Waals surface area contributed by atoms with Gasteiger partial charge in [0.15, 0.2) is 0 Å². The summed E-state index contributed by atoms with van der Waals surface area (Å²) in [5, 5.41) is 7.52. The van der Waals surface area contributed by atoms with Crippen molar-refractivity contribution in [1.29, 1.82) is 0 Å². The fraction of sp³-hybridized carbons (Fsp3) is 0. The maximum absolute atomic E-state index is 3.72. The van der Waals surface area contributed by atoms with Crippen molar-refractivity contribution in [3.63, 3.8) is 0 Å². The zero-order chi connectivity index (χ0) is 21.7. The van der Waals surface area contributed by atoms with Crippen molar-refractivity contribution in [2.24, 2.45) is 0 Å². The van der Waals surface area contributed by atoms with E-state index in [1.165, 1.54) is 54.6 Å². The zero-order valence-corrected chi connectivity index (χ0v) is 20.3. The first kappa shape index (κ1) is 19.7. The van der Waals surface area contributed by atoms with Gasteiger partial charge in [-0.2, -0.15) is 0 Å². The lowest BCUT2D eigenvalue weighted by atomic mass is 9.89. The molecule has 0 aliphatic carbocycles. The molecule has 0 bridgehead atoms. The fourth-order valence-corrected chi connectivity index (χ4v) is 5.72. The number of hydrogen-bond acceptors (Lipinski definition) is 0. The van der Waals surface area contributed by atoms with Crippen molar-refractivity contribution < 1.29 is 0 Å². The molecule has 6 rings (SSSR count). The minimum absolute atomic E-state index is 1.12. The van der Waals surface area contributed by atoms with Gasteiger partial charge >= 0.3 is 0 Å². The summed E-state index contributed by atoms with van der Waals surface area (Å²) in [6, 6.07) is 39.3. The van der Waals surface area contributed by atoms with E-state index in [9.17, 15) is 0 Å². The molecule has 152 valence electrons. The van der Waals surface area contributed by atoms with Crippen molar-refractivity contribution in [2.45, 2.75) is 0 Å². The van der Waals surface area contributed by atoms with Gasteiger partial charge in [0, 0.05) is 8.95 Å². The molecule has 32 heavy (non-hydrogen) atoms. The molecule has 0 aliphatic heterocycles. The van der Waals surface area contributed by atoms with Crippen molar-refractivity contribution in [3.05, 3.63) is 118 Å². The molecule has 0 aliphatic rings. The van der Waals surface area contributed by atoms with Crippen LogP contribution in [-0.4, -0.2) is 0 Å². The standard InChI is InChI=1S/C30H18Br2/c31-29-17-15-25(21-9-3-5-11-27(21)29)23-13-14-24(20-8-2-1-7-19(20)23)26-16-18-30(32)28-12-6-4-10-22(26)28/h1-18H. The van der Waals surface area contributed by atoms with Gasteiger partial charge < -0.3 is 0 Å². The monoisotopic (exact) mass is 536 g/mol. The van der Waals surface area contributed by atoms with Crippen LogP contribution in [0.3, 0.4) is 0 Å². The van der Waals surface area contributed by atoms with Gasteiger partial charge in [-0.25, -0.2) is 0 Å². The van der Waals surface area contributed by atoms with Gasteiger partial charge in [0.1, 0.15) is 0 Å². The summed E-state index contributed by atoms with van der Waals surface area (Å²) >= 11 is 7.44. The summed E-state index contributed by atoms with van der Waals surface area (Å²) < 4.78 is 2.25. The average molecular weight is 538 g/mol. The summed E-state index contributed by atoms with van der Waals surface area (Å²) in [5.41, 5.74) is 5.03. The van der Waals surface area contributed by atoms with Crippen molar-refractivity contribution in [2.75, 3.05) is 0 Å². The SMILES string of the molecule is Brc1ccc(-c2ccc(-c3ccc(Br)c4ccccc34)c3ccccc23)c2ccccc12. The van der Waals surface area contributed by atoms with E-state index in [0.29, 0.717) is 0 Å². The lowest BCUT2D eigenvalue weighted by Gasteiger charge is -2.16. The molecule has 0 spiro atoms. The lowest BCUT2D eigenvalue weighted by molar-refractivity contribution is 1.64. The molecule has 0 atom stereocenters. The maximum Gasteiger partial charge on any atom is 0.0254 e. The lowest BCUT2D eigenvalue weighted by Crippen LogP contribution is -1.89. The van der Waals surface area contributed by atoms with Gasteiger partial charge in [-0.1, -0.05) is 129 Å². The summed E-state index contributed by atoms with van der Waals surface area (Å²) in [6.45, 7) is 0. The Morgan fingerprint density at radius 1 is 0.281 bits per heavy atom. The van der Waals surface area contributed by atoms with Crippen LogP contribution in [-0.2, 0) is 0 Å². The molecule has 6 aromatic rings. The van der Waals surface area contributed by atoms with Gasteiger partial charge in [-0.15, -0.1) is 0 Å². The highest BCUT2D eigenvalue weighted by Gasteiger charge is 2.14. The van der Waals surface area contributed by atoms with Crippen LogP contribution in [0.15, 0.2) is 118 Å². The Labute approximate surface area is 203 Å². The predicted molar refractivity (Wildman–Crippen MR) is 145 cm³/mol. The number of benzene rings is 6. The third kappa shape index (κ3) is 3.09. The van der Waals surface area contributed by atoms with E-state index in [2.05, 4.69) is 141 Å². The first-order chi connectivity index (χ1) is 15.7. The Hall–Kier alpha value is -2.94. The van der Waals surface area contributed by atoms with Gasteiger partial charge in [0.25, 0.3) is 0 Å². The summed E-state index contributed by atoms with van der Waals surface area (Å²) in [7, 11) is 0. The van der Waals surface area contributed by atoms with Crippen LogP contribution in [0, 0.1) is 0 Å². The molecule has 0 nitrogen and oxygen atoms in total. The van der Waals surface area contributed by atoms with Crippen LogP contribution in [0.4, 0.5) is 0 Å². The highest BCUT2D eigenvalue weighted by atomic mass is 79.9. The number of halogens is 2. The predicted octanol–water partition coefficient (Wildman–Crippen LogP) is 10.0. The molecule has 0 saturated heterocycles. The van der Waals surface area contributed by atoms with Crippen LogP contribution in [0.5, 0.6) is 0 Å². The Bertz CT molecular complexity index is 1520. The smallest absolute Gasteiger partial charge is 0.0254 e. The van der Waals surface area contributed by atoms with Crippen molar-refractivity contribution in [1.82, 2.24) is 0 Å². The third-order valence-electron chi connectivity index (χ3n) is 6.25. The second-order valence-electron chi connectivity index (χ2n) is 7.99. The largest absolute Gasteiger partial charge is 0.0616 e. The van der Waals surface area contributed by atoms with Crippen LogP contribution in [0.25, 0.3) is 54.6 Å². The Kier molecular flexibility index (Phi) is 4.86. The van der Waals surface area contributed by atoms with Crippen molar-refractivity contribution in [3.8, 4) is 22.3 Å². The molecular formula is C30H18Br2. The fourth-order valence-electron chi connectivity index (χ4n) is 4.76. The van der Waals surface area contributed by atoms with E-state index in [0.717, 1.165) is 8.95 Å². The molecular weight excluding hydrogens is 520 g/mol. The topological polar surface area (TPSA) is 0 Å². The van der Waals surface area contributed by atoms with E-state index in [1.54, 1.807) is 0 Å². The van der Waals surface area contributed by atoms with Gasteiger partial charge in [-0.3, -0.25) is 0 Å². The molecule has 0 heterocycles. The number of rotatable bonds is 2. The Morgan fingerprint density at radius 3 is 0.875 bits per heavy atom. The van der Waals surface area contributed by atoms with Gasteiger partial charge in [-0.05, 0) is 66.7 Å². The molecule has 0 unspecified atom stereocenters. The first-order valence-electron chi connectivity index (χ1n) is 10.6. The van der Waals surface area contributed by atoms with Crippen LogP contribution >= 0.6 is 31.9 Å². The number of hydrogen-bond donors (Lipinski definition) is 0. The molecule has 0 amide bonds. The molecule has 6 aromatic carbocycles. The molecule has 2 heteroatoms. The Morgan fingerprint density at radius 2 is 0.531 bits per heavy atom. The molecule has 0 N–H and O–H groups in total. The zero-order valence-electron chi connectivity index (χ0n) is 17.1. The minimum atomic E-state index is 1.12. The second kappa shape index (κ2) is 7.88.